The summed E-state index contributed by atoms with van der Waals surface area (Å²) in [7, 11) is 0. The third kappa shape index (κ3) is 3.42. The summed E-state index contributed by atoms with van der Waals surface area (Å²) < 4.78 is 1.97. The van der Waals surface area contributed by atoms with Crippen LogP contribution in [-0.2, 0) is 11.3 Å². The average molecular weight is 400 g/mol. The van der Waals surface area contributed by atoms with E-state index in [0.717, 1.165) is 40.9 Å². The minimum Gasteiger partial charge on any atom is -0.326 e. The lowest BCUT2D eigenvalue weighted by Gasteiger charge is -2.56. The quantitative estimate of drug-likeness (QED) is 0.604. The number of hydrogen-bond acceptors (Lipinski definition) is 2. The highest BCUT2D eigenvalue weighted by molar-refractivity contribution is 5.93. The van der Waals surface area contributed by atoms with Gasteiger partial charge in [0.2, 0.25) is 5.91 Å². The lowest BCUT2D eigenvalue weighted by Crippen LogP contribution is -2.47. The van der Waals surface area contributed by atoms with E-state index >= 15 is 0 Å². The molecule has 4 fully saturated rings. The Morgan fingerprint density at radius 3 is 2.40 bits per heavy atom. The number of rotatable bonds is 5. The first-order valence-corrected chi connectivity index (χ1v) is 11.4. The van der Waals surface area contributed by atoms with E-state index in [0.29, 0.717) is 6.42 Å². The molecule has 0 atom stereocenters. The zero-order valence-electron chi connectivity index (χ0n) is 17.4. The van der Waals surface area contributed by atoms with Crippen LogP contribution in [0.3, 0.4) is 0 Å². The third-order valence-corrected chi connectivity index (χ3v) is 7.73. The van der Waals surface area contributed by atoms with Crippen molar-refractivity contribution in [2.75, 3.05) is 5.32 Å². The Balaban J connectivity index is 1.15. The van der Waals surface area contributed by atoms with E-state index in [1.807, 2.05) is 22.9 Å². The van der Waals surface area contributed by atoms with Gasteiger partial charge in [-0.25, -0.2) is 0 Å². The minimum atomic E-state index is 0.181. The van der Waals surface area contributed by atoms with Crippen LogP contribution < -0.4 is 5.32 Å². The van der Waals surface area contributed by atoms with Gasteiger partial charge in [0.05, 0.1) is 12.1 Å². The van der Waals surface area contributed by atoms with Gasteiger partial charge in [-0.1, -0.05) is 30.3 Å². The summed E-state index contributed by atoms with van der Waals surface area (Å²) in [6, 6.07) is 16.4. The molecule has 4 aliphatic rings. The molecular weight excluding hydrogens is 370 g/mol. The highest BCUT2D eigenvalue weighted by Crippen LogP contribution is 2.61. The molecule has 1 N–H and O–H groups in total. The molecule has 3 aromatic rings. The van der Waals surface area contributed by atoms with Crippen molar-refractivity contribution in [2.45, 2.75) is 51.5 Å². The van der Waals surface area contributed by atoms with Gasteiger partial charge in [-0.2, -0.15) is 5.10 Å². The van der Waals surface area contributed by atoms with Crippen LogP contribution in [0.2, 0.25) is 0 Å². The molecule has 0 radical (unpaired) electrons. The number of hydrogen-bond donors (Lipinski definition) is 1. The summed E-state index contributed by atoms with van der Waals surface area (Å²) in [5, 5.41) is 9.00. The SMILES string of the molecule is O=C(CC12CC3CC(CC(C3)C1)C2)Nc1ccc2cn(Cc3ccccc3)nc2c1. The normalized spacial score (nSPS) is 29.4. The summed E-state index contributed by atoms with van der Waals surface area (Å²) >= 11 is 0. The maximum Gasteiger partial charge on any atom is 0.224 e. The molecule has 0 saturated heterocycles. The van der Waals surface area contributed by atoms with Crippen LogP contribution >= 0.6 is 0 Å². The summed E-state index contributed by atoms with van der Waals surface area (Å²) in [6.45, 7) is 0.753. The van der Waals surface area contributed by atoms with E-state index in [-0.39, 0.29) is 11.3 Å². The van der Waals surface area contributed by atoms with Gasteiger partial charge in [-0.15, -0.1) is 0 Å². The Bertz CT molecular complexity index is 1050. The first-order chi connectivity index (χ1) is 14.6. The predicted octanol–water partition coefficient (Wildman–Crippen LogP) is 5.63. The Labute approximate surface area is 177 Å². The smallest absolute Gasteiger partial charge is 0.224 e. The number of nitrogens with one attached hydrogen (secondary N) is 1. The third-order valence-electron chi connectivity index (χ3n) is 7.73. The number of fused-ring (bicyclic) bond motifs is 1. The Morgan fingerprint density at radius 1 is 1.00 bits per heavy atom. The van der Waals surface area contributed by atoms with Gasteiger partial charge >= 0.3 is 0 Å². The molecule has 154 valence electrons. The Kier molecular flexibility index (Phi) is 4.22. The first kappa shape index (κ1) is 18.2. The van der Waals surface area contributed by atoms with E-state index in [1.165, 1.54) is 44.1 Å². The van der Waals surface area contributed by atoms with Crippen molar-refractivity contribution in [1.29, 1.82) is 0 Å². The molecule has 4 bridgehead atoms. The van der Waals surface area contributed by atoms with Crippen LogP contribution in [-0.4, -0.2) is 15.7 Å². The average Bonchev–Trinajstić information content (AvgIpc) is 3.08. The number of carbonyl (C=O) groups is 1. The Hall–Kier alpha value is -2.62. The molecular formula is C26H29N3O. The zero-order chi connectivity index (χ0) is 20.1. The van der Waals surface area contributed by atoms with E-state index in [1.54, 1.807) is 0 Å². The van der Waals surface area contributed by atoms with Crippen LogP contribution in [0.5, 0.6) is 0 Å². The van der Waals surface area contributed by atoms with Gasteiger partial charge in [-0.3, -0.25) is 9.48 Å². The van der Waals surface area contributed by atoms with Crippen LogP contribution in [0.1, 0.15) is 50.5 Å². The fourth-order valence-corrected chi connectivity index (χ4v) is 7.05. The number of nitrogens with zero attached hydrogens (tertiary/aromatic N) is 2. The molecule has 7 rings (SSSR count). The molecule has 1 amide bonds. The van der Waals surface area contributed by atoms with Gasteiger partial charge in [0.1, 0.15) is 0 Å². The van der Waals surface area contributed by atoms with Crippen LogP contribution in [0, 0.1) is 23.2 Å². The van der Waals surface area contributed by atoms with Crippen molar-refractivity contribution in [2.24, 2.45) is 23.2 Å². The summed E-state index contributed by atoms with van der Waals surface area (Å²) in [6.07, 6.45) is 10.8. The standard InChI is InChI=1S/C26H29N3O/c30-25(15-26-12-19-8-20(13-26)10-21(9-19)14-26)27-23-7-6-22-17-29(28-24(22)11-23)16-18-4-2-1-3-5-18/h1-7,11,17,19-21H,8-10,12-16H2,(H,27,30). The van der Waals surface area contributed by atoms with Crippen molar-refractivity contribution in [3.8, 4) is 0 Å². The summed E-state index contributed by atoms with van der Waals surface area (Å²) in [5.41, 5.74) is 3.30. The lowest BCUT2D eigenvalue weighted by atomic mass is 9.49. The van der Waals surface area contributed by atoms with Crippen molar-refractivity contribution in [3.05, 3.63) is 60.3 Å². The van der Waals surface area contributed by atoms with Crippen LogP contribution in [0.4, 0.5) is 5.69 Å². The fourth-order valence-electron chi connectivity index (χ4n) is 7.05. The predicted molar refractivity (Wildman–Crippen MR) is 119 cm³/mol. The van der Waals surface area contributed by atoms with Crippen molar-refractivity contribution in [3.63, 3.8) is 0 Å². The first-order valence-electron chi connectivity index (χ1n) is 11.4. The molecule has 0 unspecified atom stereocenters. The van der Waals surface area contributed by atoms with Crippen molar-refractivity contribution in [1.82, 2.24) is 9.78 Å². The summed E-state index contributed by atoms with van der Waals surface area (Å²) in [4.78, 5) is 12.9. The molecule has 1 aromatic heterocycles. The largest absolute Gasteiger partial charge is 0.326 e. The molecule has 1 heterocycles. The maximum absolute atomic E-state index is 12.9. The highest BCUT2D eigenvalue weighted by atomic mass is 16.1. The zero-order valence-corrected chi connectivity index (χ0v) is 17.4. The summed E-state index contributed by atoms with van der Waals surface area (Å²) in [5.74, 6) is 2.83. The monoisotopic (exact) mass is 399 g/mol. The number of carbonyl (C=O) groups excluding carboxylic acids is 1. The van der Waals surface area contributed by atoms with Gasteiger partial charge in [-0.05, 0) is 85.5 Å². The second-order valence-corrected chi connectivity index (χ2v) is 10.2. The molecule has 4 heteroatoms. The maximum atomic E-state index is 12.9. The number of aromatic nitrogens is 2. The number of benzene rings is 2. The highest BCUT2D eigenvalue weighted by Gasteiger charge is 2.51. The minimum absolute atomic E-state index is 0.181. The molecule has 4 nitrogen and oxygen atoms in total. The van der Waals surface area contributed by atoms with Crippen molar-refractivity contribution >= 4 is 22.5 Å². The molecule has 2 aromatic carbocycles. The molecule has 4 saturated carbocycles. The van der Waals surface area contributed by atoms with Gasteiger partial charge in [0.25, 0.3) is 0 Å². The molecule has 0 spiro atoms. The number of amides is 1. The van der Waals surface area contributed by atoms with Crippen molar-refractivity contribution < 1.29 is 4.79 Å². The fraction of sp³-hybridized carbons (Fsp3) is 0.462. The molecule has 0 aliphatic heterocycles. The number of anilines is 1. The van der Waals surface area contributed by atoms with Gasteiger partial charge < -0.3 is 5.32 Å². The topological polar surface area (TPSA) is 46.9 Å². The van der Waals surface area contributed by atoms with Gasteiger partial charge in [0.15, 0.2) is 0 Å². The second kappa shape index (κ2) is 6.97. The van der Waals surface area contributed by atoms with Crippen LogP contribution in [0.15, 0.2) is 54.7 Å². The van der Waals surface area contributed by atoms with Gasteiger partial charge in [0, 0.05) is 23.7 Å². The molecule has 4 aliphatic carbocycles. The van der Waals surface area contributed by atoms with E-state index in [4.69, 9.17) is 5.10 Å². The van der Waals surface area contributed by atoms with E-state index < -0.39 is 0 Å². The Morgan fingerprint density at radius 2 is 1.70 bits per heavy atom. The van der Waals surface area contributed by atoms with Crippen LogP contribution in [0.25, 0.3) is 10.9 Å². The van der Waals surface area contributed by atoms with E-state index in [2.05, 4.69) is 41.8 Å². The molecule has 30 heavy (non-hydrogen) atoms. The lowest BCUT2D eigenvalue weighted by molar-refractivity contribution is -0.124. The second-order valence-electron chi connectivity index (χ2n) is 10.2. The van der Waals surface area contributed by atoms with E-state index in [9.17, 15) is 4.79 Å².